The molecule has 0 spiro atoms. The number of hydrogen-bond acceptors (Lipinski definition) is 5. The molecule has 14 heavy (non-hydrogen) atoms. The van der Waals surface area contributed by atoms with Crippen LogP contribution in [0.2, 0.25) is 0 Å². The molecule has 3 N–H and O–H groups in total. The van der Waals surface area contributed by atoms with Crippen LogP contribution < -0.4 is 11.1 Å². The van der Waals surface area contributed by atoms with Gasteiger partial charge in [0.1, 0.15) is 0 Å². The minimum atomic E-state index is 0.476. The normalized spacial score (nSPS) is 10.2. The number of hydrogen-bond donors (Lipinski definition) is 2. The average Bonchev–Trinajstić information content (AvgIpc) is 2.18. The van der Waals surface area contributed by atoms with E-state index in [0.29, 0.717) is 25.6 Å². The van der Waals surface area contributed by atoms with Crippen molar-refractivity contribution in [2.24, 2.45) is 5.73 Å². The van der Waals surface area contributed by atoms with E-state index in [2.05, 4.69) is 15.3 Å². The topological polar surface area (TPSA) is 73.1 Å². The quantitative estimate of drug-likeness (QED) is 0.663. The lowest BCUT2D eigenvalue weighted by Crippen LogP contribution is -2.12. The van der Waals surface area contributed by atoms with Gasteiger partial charge in [0.15, 0.2) is 0 Å². The highest BCUT2D eigenvalue weighted by molar-refractivity contribution is 5.28. The fourth-order valence-electron chi connectivity index (χ4n) is 1.04. The van der Waals surface area contributed by atoms with Crippen molar-refractivity contribution in [1.29, 1.82) is 0 Å². The van der Waals surface area contributed by atoms with Gasteiger partial charge in [-0.25, -0.2) is 9.97 Å². The minimum absolute atomic E-state index is 0.476. The lowest BCUT2D eigenvalue weighted by molar-refractivity contribution is 0.210. The largest absolute Gasteiger partial charge is 0.383 e. The van der Waals surface area contributed by atoms with Crippen LogP contribution in [0.3, 0.4) is 0 Å². The van der Waals surface area contributed by atoms with E-state index in [1.807, 2.05) is 6.92 Å². The van der Waals surface area contributed by atoms with Gasteiger partial charge in [0, 0.05) is 37.7 Å². The van der Waals surface area contributed by atoms with Gasteiger partial charge in [0.05, 0.1) is 6.61 Å². The summed E-state index contributed by atoms with van der Waals surface area (Å²) in [5, 5.41) is 3.05. The number of rotatable bonds is 5. The number of nitrogens with zero attached hydrogens (tertiary/aromatic N) is 2. The van der Waals surface area contributed by atoms with Crippen LogP contribution in [0.5, 0.6) is 0 Å². The Kier molecular flexibility index (Phi) is 4.28. The Morgan fingerprint density at radius 1 is 1.57 bits per heavy atom. The second-order valence-corrected chi connectivity index (χ2v) is 2.93. The first-order valence-electron chi connectivity index (χ1n) is 4.53. The van der Waals surface area contributed by atoms with Crippen LogP contribution in [0.4, 0.5) is 5.95 Å². The predicted octanol–water partition coefficient (Wildman–Crippen LogP) is 0.302. The predicted molar refractivity (Wildman–Crippen MR) is 55.0 cm³/mol. The zero-order valence-corrected chi connectivity index (χ0v) is 8.58. The molecular weight excluding hydrogens is 180 g/mol. The van der Waals surface area contributed by atoms with Crippen molar-refractivity contribution >= 4 is 5.95 Å². The highest BCUT2D eigenvalue weighted by Crippen LogP contribution is 2.05. The molecule has 1 aromatic rings. The van der Waals surface area contributed by atoms with Crippen molar-refractivity contribution < 1.29 is 4.74 Å². The smallest absolute Gasteiger partial charge is 0.222 e. The van der Waals surface area contributed by atoms with E-state index < -0.39 is 0 Å². The van der Waals surface area contributed by atoms with Crippen molar-refractivity contribution in [2.45, 2.75) is 13.5 Å². The van der Waals surface area contributed by atoms with E-state index in [4.69, 9.17) is 10.5 Å². The second kappa shape index (κ2) is 5.51. The number of nitrogens with two attached hydrogens (primary N) is 1. The average molecular weight is 196 g/mol. The van der Waals surface area contributed by atoms with E-state index in [9.17, 15) is 0 Å². The van der Waals surface area contributed by atoms with Crippen LogP contribution in [-0.4, -0.2) is 30.2 Å². The Balaban J connectivity index is 2.57. The molecule has 5 nitrogen and oxygen atoms in total. The zero-order chi connectivity index (χ0) is 10.4. The van der Waals surface area contributed by atoms with Crippen LogP contribution in [0, 0.1) is 6.92 Å². The van der Waals surface area contributed by atoms with Crippen molar-refractivity contribution in [3.8, 4) is 0 Å². The molecule has 0 atom stereocenters. The van der Waals surface area contributed by atoms with Crippen LogP contribution in [0.1, 0.15) is 11.3 Å². The first kappa shape index (κ1) is 10.9. The van der Waals surface area contributed by atoms with Crippen LogP contribution in [0.15, 0.2) is 6.20 Å². The van der Waals surface area contributed by atoms with E-state index in [0.717, 1.165) is 11.3 Å². The van der Waals surface area contributed by atoms with Gasteiger partial charge < -0.3 is 15.8 Å². The SMILES string of the molecule is COCCNc1ncc(CN)c(C)n1. The van der Waals surface area contributed by atoms with Gasteiger partial charge in [-0.1, -0.05) is 0 Å². The van der Waals surface area contributed by atoms with Crippen LogP contribution in [0.25, 0.3) is 0 Å². The van der Waals surface area contributed by atoms with Gasteiger partial charge in [0.25, 0.3) is 0 Å². The molecule has 5 heteroatoms. The molecule has 1 heterocycles. The number of aromatic nitrogens is 2. The summed E-state index contributed by atoms with van der Waals surface area (Å²) in [7, 11) is 1.66. The van der Waals surface area contributed by atoms with Crippen LogP contribution in [-0.2, 0) is 11.3 Å². The molecule has 0 bridgehead atoms. The Bertz CT molecular complexity index is 290. The van der Waals surface area contributed by atoms with Crippen molar-refractivity contribution in [1.82, 2.24) is 9.97 Å². The van der Waals surface area contributed by atoms with E-state index in [1.54, 1.807) is 13.3 Å². The van der Waals surface area contributed by atoms with Gasteiger partial charge in [0.2, 0.25) is 5.95 Å². The Morgan fingerprint density at radius 2 is 2.36 bits per heavy atom. The number of anilines is 1. The summed E-state index contributed by atoms with van der Waals surface area (Å²) in [6.45, 7) is 3.74. The molecule has 0 saturated heterocycles. The Hall–Kier alpha value is -1.20. The maximum Gasteiger partial charge on any atom is 0.222 e. The third-order valence-corrected chi connectivity index (χ3v) is 1.89. The Labute approximate surface area is 83.7 Å². The van der Waals surface area contributed by atoms with Crippen LogP contribution >= 0.6 is 0 Å². The molecule has 0 amide bonds. The van der Waals surface area contributed by atoms with Crippen molar-refractivity contribution in [2.75, 3.05) is 25.6 Å². The van der Waals surface area contributed by atoms with Crippen molar-refractivity contribution in [3.63, 3.8) is 0 Å². The lowest BCUT2D eigenvalue weighted by Gasteiger charge is -2.06. The van der Waals surface area contributed by atoms with Gasteiger partial charge in [-0.3, -0.25) is 0 Å². The van der Waals surface area contributed by atoms with Gasteiger partial charge in [-0.2, -0.15) is 0 Å². The summed E-state index contributed by atoms with van der Waals surface area (Å²) in [4.78, 5) is 8.38. The Morgan fingerprint density at radius 3 is 2.93 bits per heavy atom. The molecule has 1 rings (SSSR count). The summed E-state index contributed by atoms with van der Waals surface area (Å²) < 4.78 is 4.90. The molecule has 0 saturated carbocycles. The fraction of sp³-hybridized carbons (Fsp3) is 0.556. The summed E-state index contributed by atoms with van der Waals surface area (Å²) in [6.07, 6.45) is 1.75. The molecule has 1 aromatic heterocycles. The highest BCUT2D eigenvalue weighted by atomic mass is 16.5. The molecule has 0 unspecified atom stereocenters. The van der Waals surface area contributed by atoms with Gasteiger partial charge >= 0.3 is 0 Å². The molecule has 0 aromatic carbocycles. The molecule has 0 aliphatic carbocycles. The van der Waals surface area contributed by atoms with Crippen molar-refractivity contribution in [3.05, 3.63) is 17.5 Å². The molecule has 0 fully saturated rings. The monoisotopic (exact) mass is 196 g/mol. The zero-order valence-electron chi connectivity index (χ0n) is 8.58. The third-order valence-electron chi connectivity index (χ3n) is 1.89. The second-order valence-electron chi connectivity index (χ2n) is 2.93. The summed E-state index contributed by atoms with van der Waals surface area (Å²) in [5.41, 5.74) is 7.40. The first-order valence-corrected chi connectivity index (χ1v) is 4.53. The summed E-state index contributed by atoms with van der Waals surface area (Å²) >= 11 is 0. The maximum absolute atomic E-state index is 5.50. The summed E-state index contributed by atoms with van der Waals surface area (Å²) in [6, 6.07) is 0. The fourth-order valence-corrected chi connectivity index (χ4v) is 1.04. The number of nitrogens with one attached hydrogen (secondary N) is 1. The third kappa shape index (κ3) is 2.93. The summed E-state index contributed by atoms with van der Waals surface area (Å²) in [5.74, 6) is 0.622. The van der Waals surface area contributed by atoms with E-state index in [1.165, 1.54) is 0 Å². The molecule has 0 aliphatic heterocycles. The molecular formula is C9H16N4O. The number of ether oxygens (including phenoxy) is 1. The van der Waals surface area contributed by atoms with Gasteiger partial charge in [-0.15, -0.1) is 0 Å². The number of methoxy groups -OCH3 is 1. The number of aryl methyl sites for hydroxylation is 1. The molecule has 0 radical (unpaired) electrons. The van der Waals surface area contributed by atoms with E-state index >= 15 is 0 Å². The minimum Gasteiger partial charge on any atom is -0.383 e. The molecule has 78 valence electrons. The maximum atomic E-state index is 5.50. The first-order chi connectivity index (χ1) is 6.77. The highest BCUT2D eigenvalue weighted by Gasteiger charge is 2.00. The van der Waals surface area contributed by atoms with E-state index in [-0.39, 0.29) is 0 Å². The van der Waals surface area contributed by atoms with Gasteiger partial charge in [-0.05, 0) is 6.92 Å². The lowest BCUT2D eigenvalue weighted by atomic mass is 10.2. The molecule has 0 aliphatic rings. The standard InChI is InChI=1S/C9H16N4O/c1-7-8(5-10)6-12-9(13-7)11-3-4-14-2/h6H,3-5,10H2,1-2H3,(H,11,12,13).